The van der Waals surface area contributed by atoms with Gasteiger partial charge in [-0.3, -0.25) is 0 Å². The Labute approximate surface area is 163 Å². The van der Waals surface area contributed by atoms with Crippen LogP contribution in [0.4, 0.5) is 0 Å². The third kappa shape index (κ3) is 14.1. The maximum atomic E-state index is 11.1. The average molecular weight is 365 g/mol. The van der Waals surface area contributed by atoms with E-state index in [1.54, 1.807) is 13.1 Å². The molecule has 0 aromatic rings. The molecule has 3 nitrogen and oxygen atoms in total. The first-order chi connectivity index (χ1) is 12.6. The van der Waals surface area contributed by atoms with Crippen LogP contribution in [0.3, 0.4) is 0 Å². The van der Waals surface area contributed by atoms with Gasteiger partial charge in [-0.25, -0.2) is 0 Å². The number of ketones is 1. The number of rotatable bonds is 19. The molecule has 0 aromatic heterocycles. The van der Waals surface area contributed by atoms with Crippen molar-refractivity contribution in [1.29, 1.82) is 0 Å². The van der Waals surface area contributed by atoms with Gasteiger partial charge in [-0.2, -0.15) is 0 Å². The van der Waals surface area contributed by atoms with Crippen molar-refractivity contribution in [2.24, 2.45) is 11.8 Å². The molecule has 0 bridgehead atoms. The Morgan fingerprint density at radius 3 is 2.23 bits per heavy atom. The Kier molecular flexibility index (Phi) is 16.6. The number of carbonyl (C=O) groups excluding carboxylic acids is 1. The number of carbonyl (C=O) groups is 1. The van der Waals surface area contributed by atoms with Gasteiger partial charge < -0.3 is 15.0 Å². The van der Waals surface area contributed by atoms with Gasteiger partial charge in [0, 0.05) is 13.0 Å². The highest BCUT2D eigenvalue weighted by atomic mass is 16.1. The molecule has 0 aliphatic rings. The van der Waals surface area contributed by atoms with Crippen LogP contribution >= 0.6 is 0 Å². The lowest BCUT2D eigenvalue weighted by atomic mass is 9.88. The molecular formula is C23H44N2O. The van der Waals surface area contributed by atoms with Crippen LogP contribution in [0.25, 0.3) is 0 Å². The topological polar surface area (TPSA) is 32.3 Å². The lowest BCUT2D eigenvalue weighted by Gasteiger charge is -2.25. The van der Waals surface area contributed by atoms with E-state index in [1.807, 2.05) is 0 Å². The Balaban J connectivity index is 4.42. The second kappa shape index (κ2) is 17.3. The normalized spacial score (nSPS) is 13.4. The summed E-state index contributed by atoms with van der Waals surface area (Å²) < 4.78 is 0. The zero-order chi connectivity index (χ0) is 19.6. The molecule has 3 heteroatoms. The predicted molar refractivity (Wildman–Crippen MR) is 115 cm³/mol. The summed E-state index contributed by atoms with van der Waals surface area (Å²) in [6, 6.07) is 0. The molecule has 0 amide bonds. The van der Waals surface area contributed by atoms with Crippen molar-refractivity contribution in [3.8, 4) is 0 Å². The van der Waals surface area contributed by atoms with Gasteiger partial charge in [-0.05, 0) is 96.0 Å². The molecule has 0 aromatic carbocycles. The first-order valence-electron chi connectivity index (χ1n) is 10.8. The number of hydrogen-bond donors (Lipinski definition) is 1. The van der Waals surface area contributed by atoms with Gasteiger partial charge in [0.25, 0.3) is 0 Å². The highest BCUT2D eigenvalue weighted by Gasteiger charge is 2.14. The molecule has 0 heterocycles. The van der Waals surface area contributed by atoms with E-state index < -0.39 is 0 Å². The third-order valence-corrected chi connectivity index (χ3v) is 5.16. The fraction of sp³-hybridized carbons (Fsp3) is 0.783. The van der Waals surface area contributed by atoms with E-state index in [0.29, 0.717) is 18.1 Å². The van der Waals surface area contributed by atoms with E-state index in [-0.39, 0.29) is 0 Å². The van der Waals surface area contributed by atoms with Crippen LogP contribution in [0, 0.1) is 11.8 Å². The Hall–Kier alpha value is -1.09. The number of nitrogens with zero attached hydrogens (tertiary/aromatic N) is 1. The first kappa shape index (κ1) is 24.9. The molecule has 0 fully saturated rings. The second-order valence-electron chi connectivity index (χ2n) is 7.61. The molecule has 2 unspecified atom stereocenters. The zero-order valence-electron chi connectivity index (χ0n) is 17.8. The zero-order valence-corrected chi connectivity index (χ0v) is 17.8. The summed E-state index contributed by atoms with van der Waals surface area (Å²) in [6.45, 7) is 18.6. The fourth-order valence-electron chi connectivity index (χ4n) is 3.60. The summed E-state index contributed by atoms with van der Waals surface area (Å²) >= 11 is 0. The fourth-order valence-corrected chi connectivity index (χ4v) is 3.60. The van der Waals surface area contributed by atoms with E-state index in [2.05, 4.69) is 43.3 Å². The summed E-state index contributed by atoms with van der Waals surface area (Å²) in [5.74, 6) is 1.59. The minimum atomic E-state index is 0.299. The van der Waals surface area contributed by atoms with Gasteiger partial charge in [-0.15, -0.1) is 6.58 Å². The van der Waals surface area contributed by atoms with E-state index >= 15 is 0 Å². The molecular weight excluding hydrogens is 320 g/mol. The summed E-state index contributed by atoms with van der Waals surface area (Å²) in [6.07, 6.45) is 14.1. The second-order valence-corrected chi connectivity index (χ2v) is 7.61. The van der Waals surface area contributed by atoms with Crippen molar-refractivity contribution in [1.82, 2.24) is 10.2 Å². The average Bonchev–Trinajstić information content (AvgIpc) is 2.61. The van der Waals surface area contributed by atoms with E-state index in [0.717, 1.165) is 25.3 Å². The summed E-state index contributed by atoms with van der Waals surface area (Å²) in [7, 11) is 0. The summed E-state index contributed by atoms with van der Waals surface area (Å²) in [5, 5.41) is 3.26. The highest BCUT2D eigenvalue weighted by molar-refractivity contribution is 5.75. The standard InChI is InChI=1S/C23H44N2O/c1-6-18-25(19-7-2)20-16-23(15-17-24-9-4)14-13-22(8-3)12-10-11-21(5)26/h8-9,22-24H,3-4,6-7,10-20H2,1-2,5H3. The highest BCUT2D eigenvalue weighted by Crippen LogP contribution is 2.23. The molecule has 0 aliphatic carbocycles. The number of allylic oxidation sites excluding steroid dienone is 1. The van der Waals surface area contributed by atoms with Gasteiger partial charge in [0.2, 0.25) is 0 Å². The molecule has 152 valence electrons. The Morgan fingerprint density at radius 2 is 1.69 bits per heavy atom. The van der Waals surface area contributed by atoms with Crippen LogP contribution in [-0.2, 0) is 4.79 Å². The molecule has 0 saturated carbocycles. The van der Waals surface area contributed by atoms with Crippen LogP contribution in [0.5, 0.6) is 0 Å². The van der Waals surface area contributed by atoms with Crippen molar-refractivity contribution in [2.45, 2.75) is 78.6 Å². The molecule has 0 radical (unpaired) electrons. The van der Waals surface area contributed by atoms with Crippen molar-refractivity contribution >= 4 is 5.78 Å². The molecule has 0 aliphatic heterocycles. The molecule has 0 saturated heterocycles. The van der Waals surface area contributed by atoms with E-state index in [9.17, 15) is 4.79 Å². The van der Waals surface area contributed by atoms with Gasteiger partial charge in [0.1, 0.15) is 5.78 Å². The molecule has 26 heavy (non-hydrogen) atoms. The van der Waals surface area contributed by atoms with Gasteiger partial charge in [0.05, 0.1) is 0 Å². The van der Waals surface area contributed by atoms with Crippen molar-refractivity contribution in [2.75, 3.05) is 26.2 Å². The SMILES string of the molecule is C=CNCCC(CCC(C=C)CCCC(C)=O)CCN(CCC)CCC. The first-order valence-corrected chi connectivity index (χ1v) is 10.8. The van der Waals surface area contributed by atoms with Crippen LogP contribution in [-0.4, -0.2) is 36.9 Å². The lowest BCUT2D eigenvalue weighted by molar-refractivity contribution is -0.117. The lowest BCUT2D eigenvalue weighted by Crippen LogP contribution is -2.28. The number of Topliss-reactive ketones (excluding diaryl/α,β-unsaturated/α-hetero) is 1. The largest absolute Gasteiger partial charge is 0.391 e. The van der Waals surface area contributed by atoms with Crippen LogP contribution in [0.15, 0.2) is 25.4 Å². The van der Waals surface area contributed by atoms with E-state index in [1.165, 1.54) is 58.2 Å². The van der Waals surface area contributed by atoms with Crippen molar-refractivity contribution < 1.29 is 4.79 Å². The Morgan fingerprint density at radius 1 is 1.00 bits per heavy atom. The molecule has 0 rings (SSSR count). The summed E-state index contributed by atoms with van der Waals surface area (Å²) in [5.41, 5.74) is 0. The smallest absolute Gasteiger partial charge is 0.129 e. The summed E-state index contributed by atoms with van der Waals surface area (Å²) in [4.78, 5) is 13.8. The van der Waals surface area contributed by atoms with Gasteiger partial charge in [-0.1, -0.05) is 26.5 Å². The maximum Gasteiger partial charge on any atom is 0.129 e. The number of nitrogens with one attached hydrogen (secondary N) is 1. The Bertz CT molecular complexity index is 361. The van der Waals surface area contributed by atoms with Gasteiger partial charge in [0.15, 0.2) is 0 Å². The van der Waals surface area contributed by atoms with Crippen LogP contribution in [0.1, 0.15) is 78.6 Å². The van der Waals surface area contributed by atoms with Crippen molar-refractivity contribution in [3.05, 3.63) is 25.4 Å². The molecule has 2 atom stereocenters. The quantitative estimate of drug-likeness (QED) is 0.240. The maximum absolute atomic E-state index is 11.1. The molecule has 0 spiro atoms. The van der Waals surface area contributed by atoms with Crippen molar-refractivity contribution in [3.63, 3.8) is 0 Å². The minimum Gasteiger partial charge on any atom is -0.391 e. The van der Waals surface area contributed by atoms with E-state index in [4.69, 9.17) is 0 Å². The van der Waals surface area contributed by atoms with Crippen LogP contribution in [0.2, 0.25) is 0 Å². The third-order valence-electron chi connectivity index (χ3n) is 5.16. The minimum absolute atomic E-state index is 0.299. The molecule has 1 N–H and O–H groups in total. The number of hydrogen-bond acceptors (Lipinski definition) is 3. The van der Waals surface area contributed by atoms with Gasteiger partial charge >= 0.3 is 0 Å². The predicted octanol–water partition coefficient (Wildman–Crippen LogP) is 5.58. The van der Waals surface area contributed by atoms with Crippen LogP contribution < -0.4 is 5.32 Å². The monoisotopic (exact) mass is 364 g/mol.